The Balaban J connectivity index is 2.16. The molecule has 0 unspecified atom stereocenters. The summed E-state index contributed by atoms with van der Waals surface area (Å²) in [6.07, 6.45) is 0.756. The van der Waals surface area contributed by atoms with Crippen LogP contribution in [-0.4, -0.2) is 51.0 Å². The van der Waals surface area contributed by atoms with Crippen LogP contribution in [0.4, 0.5) is 0 Å². The third-order valence-corrected chi connectivity index (χ3v) is 4.51. The number of carboxylic acids is 1. The Hall–Kier alpha value is -2.28. The van der Waals surface area contributed by atoms with E-state index in [9.17, 15) is 14.7 Å². The zero-order valence-electron chi connectivity index (χ0n) is 14.2. The number of nitrogens with one attached hydrogen (secondary N) is 1. The van der Waals surface area contributed by atoms with Crippen LogP contribution in [0.3, 0.4) is 0 Å². The molecule has 132 valence electrons. The Kier molecular flexibility index (Phi) is 5.66. The molecule has 0 atom stereocenters. The van der Waals surface area contributed by atoms with Gasteiger partial charge in [0, 0.05) is 30.9 Å². The largest absolute Gasteiger partial charge is 0.496 e. The lowest BCUT2D eigenvalue weighted by molar-refractivity contribution is -0.154. The maximum atomic E-state index is 12.5. The molecule has 0 spiro atoms. The molecule has 0 saturated carbocycles. The molecule has 24 heavy (non-hydrogen) atoms. The Bertz CT molecular complexity index is 597. The molecule has 0 aliphatic carbocycles. The minimum Gasteiger partial charge on any atom is -0.496 e. The third kappa shape index (κ3) is 3.62. The first-order valence-corrected chi connectivity index (χ1v) is 7.75. The number of carboxylic acid groups (broad SMARTS) is 1. The van der Waals surface area contributed by atoms with E-state index in [1.54, 1.807) is 12.1 Å². The Labute approximate surface area is 140 Å². The van der Waals surface area contributed by atoms with Crippen molar-refractivity contribution in [1.29, 1.82) is 0 Å². The van der Waals surface area contributed by atoms with E-state index in [1.165, 1.54) is 14.2 Å². The van der Waals surface area contributed by atoms with E-state index in [0.29, 0.717) is 43.1 Å². The Morgan fingerprint density at radius 3 is 2.21 bits per heavy atom. The number of hydrogen-bond acceptors (Lipinski definition) is 5. The van der Waals surface area contributed by atoms with Crippen LogP contribution in [-0.2, 0) is 9.53 Å². The third-order valence-electron chi connectivity index (χ3n) is 4.51. The van der Waals surface area contributed by atoms with Crippen LogP contribution in [0.25, 0.3) is 0 Å². The maximum Gasteiger partial charge on any atom is 0.311 e. The highest BCUT2D eigenvalue weighted by molar-refractivity contribution is 5.95. The van der Waals surface area contributed by atoms with E-state index >= 15 is 0 Å². The average molecular weight is 337 g/mol. The molecule has 1 amide bonds. The Morgan fingerprint density at radius 2 is 1.75 bits per heavy atom. The molecule has 1 saturated heterocycles. The molecule has 1 aliphatic rings. The average Bonchev–Trinajstić information content (AvgIpc) is 2.60. The van der Waals surface area contributed by atoms with Crippen LogP contribution in [0, 0.1) is 12.3 Å². The second-order valence-corrected chi connectivity index (χ2v) is 5.89. The van der Waals surface area contributed by atoms with Crippen LogP contribution >= 0.6 is 0 Å². The van der Waals surface area contributed by atoms with Gasteiger partial charge >= 0.3 is 5.97 Å². The highest BCUT2D eigenvalue weighted by Gasteiger charge is 2.40. The number of amides is 1. The summed E-state index contributed by atoms with van der Waals surface area (Å²) < 4.78 is 15.8. The van der Waals surface area contributed by atoms with Gasteiger partial charge in [-0.3, -0.25) is 9.59 Å². The zero-order chi connectivity index (χ0) is 17.7. The predicted molar refractivity (Wildman–Crippen MR) is 86.7 cm³/mol. The van der Waals surface area contributed by atoms with Crippen LogP contribution in [0.2, 0.25) is 0 Å². The van der Waals surface area contributed by atoms with Gasteiger partial charge in [-0.15, -0.1) is 0 Å². The van der Waals surface area contributed by atoms with Crippen molar-refractivity contribution in [3.63, 3.8) is 0 Å². The number of aliphatic carboxylic acids is 1. The lowest BCUT2D eigenvalue weighted by Crippen LogP contribution is -2.46. The number of methoxy groups -OCH3 is 2. The minimum absolute atomic E-state index is 0.0586. The normalized spacial score (nSPS) is 16.3. The molecule has 7 nitrogen and oxygen atoms in total. The standard InChI is InChI=1S/C17H23NO6/c1-11-13(22-2)8-12(9-14(11)23-3)15(19)18-10-17(16(20)21)4-6-24-7-5-17/h8-9H,4-7,10H2,1-3H3,(H,18,19)(H,20,21). The molecule has 1 heterocycles. The molecule has 2 rings (SSSR count). The van der Waals surface area contributed by atoms with Crippen LogP contribution in [0.1, 0.15) is 28.8 Å². The second-order valence-electron chi connectivity index (χ2n) is 5.89. The van der Waals surface area contributed by atoms with Crippen molar-refractivity contribution >= 4 is 11.9 Å². The number of rotatable bonds is 6. The van der Waals surface area contributed by atoms with Crippen molar-refractivity contribution in [1.82, 2.24) is 5.32 Å². The first-order valence-electron chi connectivity index (χ1n) is 7.75. The van der Waals surface area contributed by atoms with Gasteiger partial charge in [-0.05, 0) is 31.9 Å². The fourth-order valence-electron chi connectivity index (χ4n) is 2.80. The van der Waals surface area contributed by atoms with Gasteiger partial charge in [0.2, 0.25) is 0 Å². The molecule has 1 fully saturated rings. The van der Waals surface area contributed by atoms with Gasteiger partial charge < -0.3 is 24.6 Å². The van der Waals surface area contributed by atoms with E-state index < -0.39 is 11.4 Å². The molecule has 2 N–H and O–H groups in total. The first-order chi connectivity index (χ1) is 11.4. The second kappa shape index (κ2) is 7.53. The summed E-state index contributed by atoms with van der Waals surface area (Å²) in [5.74, 6) is -0.194. The van der Waals surface area contributed by atoms with Gasteiger partial charge in [-0.2, -0.15) is 0 Å². The molecule has 0 aromatic heterocycles. The number of carbonyl (C=O) groups excluding carboxylic acids is 1. The highest BCUT2D eigenvalue weighted by atomic mass is 16.5. The lowest BCUT2D eigenvalue weighted by atomic mass is 9.80. The zero-order valence-corrected chi connectivity index (χ0v) is 14.2. The summed E-state index contributed by atoms with van der Waals surface area (Å²) in [6.45, 7) is 2.66. The SMILES string of the molecule is COc1cc(C(=O)NCC2(C(=O)O)CCOCC2)cc(OC)c1C. The van der Waals surface area contributed by atoms with Crippen LogP contribution < -0.4 is 14.8 Å². The van der Waals surface area contributed by atoms with Crippen LogP contribution in [0.15, 0.2) is 12.1 Å². The van der Waals surface area contributed by atoms with Crippen molar-refractivity contribution in [3.05, 3.63) is 23.3 Å². The van der Waals surface area contributed by atoms with E-state index in [4.69, 9.17) is 14.2 Å². The van der Waals surface area contributed by atoms with Gasteiger partial charge in [0.25, 0.3) is 5.91 Å². The number of hydrogen-bond donors (Lipinski definition) is 2. The molecule has 1 aliphatic heterocycles. The van der Waals surface area contributed by atoms with Crippen molar-refractivity contribution in [2.24, 2.45) is 5.41 Å². The molecule has 0 radical (unpaired) electrons. The summed E-state index contributed by atoms with van der Waals surface area (Å²) in [7, 11) is 3.04. The fourth-order valence-corrected chi connectivity index (χ4v) is 2.80. The van der Waals surface area contributed by atoms with Gasteiger partial charge in [-0.25, -0.2) is 0 Å². The van der Waals surface area contributed by atoms with Crippen molar-refractivity contribution in [2.75, 3.05) is 34.0 Å². The number of ether oxygens (including phenoxy) is 3. The fraction of sp³-hybridized carbons (Fsp3) is 0.529. The minimum atomic E-state index is -0.979. The molecular weight excluding hydrogens is 314 g/mol. The molecule has 1 aromatic carbocycles. The van der Waals surface area contributed by atoms with Gasteiger partial charge in [-0.1, -0.05) is 0 Å². The maximum absolute atomic E-state index is 12.5. The number of benzene rings is 1. The first kappa shape index (κ1) is 18.1. The Morgan fingerprint density at radius 1 is 1.21 bits per heavy atom. The van der Waals surface area contributed by atoms with Crippen molar-refractivity contribution < 1.29 is 28.9 Å². The summed E-state index contributed by atoms with van der Waals surface area (Å²) in [6, 6.07) is 3.23. The van der Waals surface area contributed by atoms with E-state index in [0.717, 1.165) is 5.56 Å². The monoisotopic (exact) mass is 337 g/mol. The summed E-state index contributed by atoms with van der Waals surface area (Å²) in [4.78, 5) is 24.1. The highest BCUT2D eigenvalue weighted by Crippen LogP contribution is 2.31. The molecule has 7 heteroatoms. The van der Waals surface area contributed by atoms with Gasteiger partial charge in [0.1, 0.15) is 11.5 Å². The topological polar surface area (TPSA) is 94.1 Å². The van der Waals surface area contributed by atoms with Gasteiger partial charge in [0.15, 0.2) is 0 Å². The molecule has 0 bridgehead atoms. The molecular formula is C17H23NO6. The van der Waals surface area contributed by atoms with E-state index in [1.807, 2.05) is 6.92 Å². The molecule has 1 aromatic rings. The quantitative estimate of drug-likeness (QED) is 0.819. The van der Waals surface area contributed by atoms with Crippen LogP contribution in [0.5, 0.6) is 11.5 Å². The summed E-state index contributed by atoms with van der Waals surface area (Å²) >= 11 is 0. The summed E-state index contributed by atoms with van der Waals surface area (Å²) in [5.41, 5.74) is 0.178. The van der Waals surface area contributed by atoms with Crippen molar-refractivity contribution in [3.8, 4) is 11.5 Å². The van der Waals surface area contributed by atoms with E-state index in [-0.39, 0.29) is 12.5 Å². The number of carbonyl (C=O) groups is 2. The smallest absolute Gasteiger partial charge is 0.311 e. The van der Waals surface area contributed by atoms with Crippen molar-refractivity contribution in [2.45, 2.75) is 19.8 Å². The van der Waals surface area contributed by atoms with Gasteiger partial charge in [0.05, 0.1) is 19.6 Å². The van der Waals surface area contributed by atoms with E-state index in [2.05, 4.69) is 5.32 Å². The predicted octanol–water partition coefficient (Wildman–Crippen LogP) is 1.62. The lowest BCUT2D eigenvalue weighted by Gasteiger charge is -2.33. The summed E-state index contributed by atoms with van der Waals surface area (Å²) in [5, 5.41) is 12.3.